The minimum absolute atomic E-state index is 0.0251. The lowest BCUT2D eigenvalue weighted by atomic mass is 10.0. The summed E-state index contributed by atoms with van der Waals surface area (Å²) in [5, 5.41) is 8.68. The topological polar surface area (TPSA) is 53.3 Å². The van der Waals surface area contributed by atoms with E-state index < -0.39 is 0 Å². The summed E-state index contributed by atoms with van der Waals surface area (Å²) in [6.07, 6.45) is 0.334. The molecule has 0 spiro atoms. The summed E-state index contributed by atoms with van der Waals surface area (Å²) in [5.74, 6) is -0.0251. The maximum absolute atomic E-state index is 12.6. The molecule has 0 atom stereocenters. The van der Waals surface area contributed by atoms with Gasteiger partial charge in [-0.3, -0.25) is 4.79 Å². The van der Waals surface area contributed by atoms with E-state index >= 15 is 0 Å². The van der Waals surface area contributed by atoms with Crippen LogP contribution in [0.2, 0.25) is 0 Å². The number of carbonyl (C=O) groups is 1. The molecule has 0 bridgehead atoms. The Kier molecular flexibility index (Phi) is 6.04. The summed E-state index contributed by atoms with van der Waals surface area (Å²) >= 11 is 0. The third kappa shape index (κ3) is 4.08. The van der Waals surface area contributed by atoms with Gasteiger partial charge in [0.15, 0.2) is 0 Å². The molecule has 0 unspecified atom stereocenters. The van der Waals surface area contributed by atoms with Crippen molar-refractivity contribution in [3.8, 4) is 6.07 Å². The number of carbonyl (C=O) groups excluding carboxylic acids is 1. The first-order chi connectivity index (χ1) is 9.11. The van der Waals surface area contributed by atoms with Crippen molar-refractivity contribution < 1.29 is 9.53 Å². The summed E-state index contributed by atoms with van der Waals surface area (Å²) in [6.45, 7) is 5.28. The van der Waals surface area contributed by atoms with Gasteiger partial charge < -0.3 is 9.64 Å². The Hall–Kier alpha value is -1.86. The highest BCUT2D eigenvalue weighted by atomic mass is 16.5. The van der Waals surface area contributed by atoms with Crippen LogP contribution in [0.25, 0.3) is 0 Å². The van der Waals surface area contributed by atoms with Crippen molar-refractivity contribution in [2.75, 3.05) is 26.8 Å². The minimum Gasteiger partial charge on any atom is -0.383 e. The Labute approximate surface area is 114 Å². The van der Waals surface area contributed by atoms with Crippen LogP contribution in [0, 0.1) is 25.2 Å². The first-order valence-electron chi connectivity index (χ1n) is 6.33. The van der Waals surface area contributed by atoms with Gasteiger partial charge in [0.2, 0.25) is 0 Å². The molecule has 4 heteroatoms. The molecule has 1 amide bonds. The number of amides is 1. The highest BCUT2D eigenvalue weighted by Gasteiger charge is 2.18. The van der Waals surface area contributed by atoms with Crippen molar-refractivity contribution >= 4 is 5.91 Å². The molecule has 0 aliphatic heterocycles. The van der Waals surface area contributed by atoms with Crippen LogP contribution < -0.4 is 0 Å². The number of hydrogen-bond donors (Lipinski definition) is 0. The largest absolute Gasteiger partial charge is 0.383 e. The van der Waals surface area contributed by atoms with E-state index in [0.29, 0.717) is 26.1 Å². The smallest absolute Gasteiger partial charge is 0.254 e. The van der Waals surface area contributed by atoms with Crippen LogP contribution in [0.5, 0.6) is 0 Å². The zero-order valence-electron chi connectivity index (χ0n) is 11.8. The first-order valence-corrected chi connectivity index (χ1v) is 6.33. The lowest BCUT2D eigenvalue weighted by molar-refractivity contribution is 0.0698. The van der Waals surface area contributed by atoms with Crippen LogP contribution in [-0.2, 0) is 4.74 Å². The van der Waals surface area contributed by atoms with E-state index in [1.807, 2.05) is 32.0 Å². The van der Waals surface area contributed by atoms with E-state index in [0.717, 1.165) is 16.7 Å². The normalized spacial score (nSPS) is 10.0. The molecule has 0 heterocycles. The van der Waals surface area contributed by atoms with Gasteiger partial charge in [0, 0.05) is 25.8 Å². The molecular formula is C15H20N2O2. The molecule has 1 rings (SSSR count). The number of nitrogens with zero attached hydrogens (tertiary/aromatic N) is 2. The molecule has 1 aromatic rings. The second-order valence-electron chi connectivity index (χ2n) is 4.46. The van der Waals surface area contributed by atoms with Gasteiger partial charge in [0.1, 0.15) is 0 Å². The molecule has 0 aliphatic rings. The standard InChI is InChI=1S/C15H20N2O2/c1-12-6-4-7-13(2)14(12)15(18)17(9-5-8-16)10-11-19-3/h4,6-7H,5,9-11H2,1-3H3. The molecular weight excluding hydrogens is 240 g/mol. The van der Waals surface area contributed by atoms with Crippen LogP contribution in [0.1, 0.15) is 27.9 Å². The number of aryl methyl sites for hydroxylation is 2. The molecule has 1 aromatic carbocycles. The molecule has 0 radical (unpaired) electrons. The highest BCUT2D eigenvalue weighted by molar-refractivity contribution is 5.97. The summed E-state index contributed by atoms with van der Waals surface area (Å²) < 4.78 is 5.02. The van der Waals surface area contributed by atoms with Crippen LogP contribution in [0.3, 0.4) is 0 Å². The van der Waals surface area contributed by atoms with E-state index in [2.05, 4.69) is 6.07 Å². The van der Waals surface area contributed by atoms with E-state index in [9.17, 15) is 4.79 Å². The summed E-state index contributed by atoms with van der Waals surface area (Å²) in [4.78, 5) is 14.2. The van der Waals surface area contributed by atoms with Gasteiger partial charge >= 0.3 is 0 Å². The Bertz CT molecular complexity index is 457. The fourth-order valence-corrected chi connectivity index (χ4v) is 2.01. The predicted octanol–water partition coefficient (Wildman–Crippen LogP) is 2.31. The van der Waals surface area contributed by atoms with E-state index in [-0.39, 0.29) is 5.91 Å². The Morgan fingerprint density at radius 3 is 2.47 bits per heavy atom. The third-order valence-corrected chi connectivity index (χ3v) is 3.04. The van der Waals surface area contributed by atoms with Gasteiger partial charge in [-0.15, -0.1) is 0 Å². The van der Waals surface area contributed by atoms with Gasteiger partial charge in [-0.05, 0) is 25.0 Å². The molecule has 0 N–H and O–H groups in total. The Balaban J connectivity index is 2.95. The number of methoxy groups -OCH3 is 1. The monoisotopic (exact) mass is 260 g/mol. The first kappa shape index (κ1) is 15.2. The SMILES string of the molecule is COCCN(CCC#N)C(=O)c1c(C)cccc1C. The average Bonchev–Trinajstić information content (AvgIpc) is 2.38. The highest BCUT2D eigenvalue weighted by Crippen LogP contribution is 2.16. The maximum Gasteiger partial charge on any atom is 0.254 e. The quantitative estimate of drug-likeness (QED) is 0.788. The molecule has 19 heavy (non-hydrogen) atoms. The van der Waals surface area contributed by atoms with Crippen LogP contribution in [-0.4, -0.2) is 37.6 Å². The van der Waals surface area contributed by atoms with Crippen LogP contribution >= 0.6 is 0 Å². The summed E-state index contributed by atoms with van der Waals surface area (Å²) in [5.41, 5.74) is 2.66. The molecule has 4 nitrogen and oxygen atoms in total. The van der Waals surface area contributed by atoms with Gasteiger partial charge in [-0.1, -0.05) is 18.2 Å². The number of hydrogen-bond acceptors (Lipinski definition) is 3. The number of rotatable bonds is 6. The van der Waals surface area contributed by atoms with Gasteiger partial charge in [0.05, 0.1) is 19.1 Å². The van der Waals surface area contributed by atoms with E-state index in [1.165, 1.54) is 0 Å². The summed E-state index contributed by atoms with van der Waals surface area (Å²) in [6, 6.07) is 7.88. The zero-order chi connectivity index (χ0) is 14.3. The molecule has 102 valence electrons. The number of nitriles is 1. The summed E-state index contributed by atoms with van der Waals surface area (Å²) in [7, 11) is 1.60. The molecule has 0 aromatic heterocycles. The molecule has 0 saturated heterocycles. The van der Waals surface area contributed by atoms with E-state index in [1.54, 1.807) is 12.0 Å². The van der Waals surface area contributed by atoms with Crippen molar-refractivity contribution in [1.82, 2.24) is 4.90 Å². The zero-order valence-corrected chi connectivity index (χ0v) is 11.8. The van der Waals surface area contributed by atoms with Crippen molar-refractivity contribution in [2.45, 2.75) is 20.3 Å². The molecule has 0 saturated carbocycles. The Morgan fingerprint density at radius 2 is 1.95 bits per heavy atom. The Morgan fingerprint density at radius 1 is 1.32 bits per heavy atom. The maximum atomic E-state index is 12.6. The van der Waals surface area contributed by atoms with E-state index in [4.69, 9.17) is 10.00 Å². The lowest BCUT2D eigenvalue weighted by Gasteiger charge is -2.23. The fraction of sp³-hybridized carbons (Fsp3) is 0.467. The number of benzene rings is 1. The minimum atomic E-state index is -0.0251. The van der Waals surface area contributed by atoms with Crippen molar-refractivity contribution in [1.29, 1.82) is 5.26 Å². The number of ether oxygens (including phenoxy) is 1. The second kappa shape index (κ2) is 7.55. The molecule has 0 aliphatic carbocycles. The fourth-order valence-electron chi connectivity index (χ4n) is 2.01. The molecule has 0 fully saturated rings. The van der Waals surface area contributed by atoms with Crippen LogP contribution in [0.15, 0.2) is 18.2 Å². The van der Waals surface area contributed by atoms with Gasteiger partial charge in [-0.25, -0.2) is 0 Å². The second-order valence-corrected chi connectivity index (χ2v) is 4.46. The van der Waals surface area contributed by atoms with Gasteiger partial charge in [0.25, 0.3) is 5.91 Å². The van der Waals surface area contributed by atoms with Crippen molar-refractivity contribution in [3.63, 3.8) is 0 Å². The van der Waals surface area contributed by atoms with Crippen molar-refractivity contribution in [2.24, 2.45) is 0 Å². The predicted molar refractivity (Wildman–Crippen MR) is 73.9 cm³/mol. The average molecular weight is 260 g/mol. The van der Waals surface area contributed by atoms with Crippen LogP contribution in [0.4, 0.5) is 0 Å². The van der Waals surface area contributed by atoms with Gasteiger partial charge in [-0.2, -0.15) is 5.26 Å². The van der Waals surface area contributed by atoms with Crippen molar-refractivity contribution in [3.05, 3.63) is 34.9 Å². The third-order valence-electron chi connectivity index (χ3n) is 3.04. The lowest BCUT2D eigenvalue weighted by Crippen LogP contribution is -2.35.